The van der Waals surface area contributed by atoms with E-state index in [4.69, 9.17) is 14.0 Å². The third-order valence-corrected chi connectivity index (χ3v) is 8.80. The average Bonchev–Trinajstić information content (AvgIpc) is 3.06. The van der Waals surface area contributed by atoms with Crippen molar-refractivity contribution in [1.29, 1.82) is 0 Å². The van der Waals surface area contributed by atoms with Crippen LogP contribution < -0.4 is 0 Å². The molecule has 0 aromatic rings. The lowest BCUT2D eigenvalue weighted by Gasteiger charge is -2.31. The van der Waals surface area contributed by atoms with Crippen LogP contribution >= 0.6 is 18.2 Å². The van der Waals surface area contributed by atoms with Crippen LogP contribution in [0, 0.1) is 16.7 Å². The minimum atomic E-state index is -3.78. The summed E-state index contributed by atoms with van der Waals surface area (Å²) in [5.74, 6) is 0.859. The predicted molar refractivity (Wildman–Crippen MR) is 125 cm³/mol. The Morgan fingerprint density at radius 2 is 1.82 bits per heavy atom. The fourth-order valence-electron chi connectivity index (χ4n) is 4.35. The van der Waals surface area contributed by atoms with Gasteiger partial charge in [-0.2, -0.15) is 0 Å². The van der Waals surface area contributed by atoms with Crippen molar-refractivity contribution in [3.8, 4) is 0 Å². The van der Waals surface area contributed by atoms with Gasteiger partial charge in [-0.05, 0) is 47.4 Å². The molecule has 28 heavy (non-hydrogen) atoms. The first-order valence-electron chi connectivity index (χ1n) is 10.7. The summed E-state index contributed by atoms with van der Waals surface area (Å²) >= 11 is 1.02. The molecule has 10 heteroatoms. The molecule has 1 N–H and O–H groups in total. The number of hydrogen-bond donors (Lipinski definition) is 1. The van der Waals surface area contributed by atoms with Gasteiger partial charge in [0, 0.05) is 17.8 Å². The molecule has 7 unspecified atom stereocenters. The molecular formula is C18H38B3O5PS. The van der Waals surface area contributed by atoms with Gasteiger partial charge in [-0.3, -0.25) is 4.52 Å². The van der Waals surface area contributed by atoms with Crippen LogP contribution in [0.4, 0.5) is 0 Å². The van der Waals surface area contributed by atoms with Crippen molar-refractivity contribution in [3.63, 3.8) is 0 Å². The van der Waals surface area contributed by atoms with Crippen LogP contribution in [0.3, 0.4) is 0 Å². The van der Waals surface area contributed by atoms with Crippen molar-refractivity contribution in [1.82, 2.24) is 0 Å². The Hall–Kier alpha value is 0.615. The molecule has 0 aliphatic carbocycles. The molecule has 2 heterocycles. The topological polar surface area (TPSA) is 65.0 Å². The molecule has 0 spiro atoms. The van der Waals surface area contributed by atoms with Crippen LogP contribution in [0.5, 0.6) is 0 Å². The Morgan fingerprint density at radius 1 is 1.18 bits per heavy atom. The zero-order valence-corrected chi connectivity index (χ0v) is 20.6. The normalized spacial score (nSPS) is 36.4. The lowest BCUT2D eigenvalue weighted by atomic mass is 9.51. The van der Waals surface area contributed by atoms with Crippen LogP contribution in [-0.4, -0.2) is 63.7 Å². The lowest BCUT2D eigenvalue weighted by Crippen LogP contribution is -2.30. The summed E-state index contributed by atoms with van der Waals surface area (Å²) < 4.78 is 30.8. The molecule has 5 nitrogen and oxygen atoms in total. The van der Waals surface area contributed by atoms with Crippen molar-refractivity contribution >= 4 is 40.9 Å². The molecule has 2 saturated heterocycles. The van der Waals surface area contributed by atoms with Gasteiger partial charge in [0.25, 0.3) is 0 Å². The Labute approximate surface area is 178 Å². The van der Waals surface area contributed by atoms with E-state index in [0.717, 1.165) is 31.4 Å². The van der Waals surface area contributed by atoms with Crippen LogP contribution in [0.25, 0.3) is 0 Å². The predicted octanol–water partition coefficient (Wildman–Crippen LogP) is 2.15. The summed E-state index contributed by atoms with van der Waals surface area (Å²) in [5.41, 5.74) is 0.191. The smallest absolute Gasteiger partial charge is 0.383 e. The second-order valence-corrected chi connectivity index (χ2v) is 14.7. The van der Waals surface area contributed by atoms with E-state index in [1.165, 1.54) is 0 Å². The first kappa shape index (κ1) is 24.9. The summed E-state index contributed by atoms with van der Waals surface area (Å²) in [6, 6.07) is 0.296. The number of rotatable bonds is 7. The lowest BCUT2D eigenvalue weighted by molar-refractivity contribution is 0.0137. The third kappa shape index (κ3) is 7.39. The average molecular weight is 430 g/mol. The van der Waals surface area contributed by atoms with Gasteiger partial charge in [-0.1, -0.05) is 41.5 Å². The summed E-state index contributed by atoms with van der Waals surface area (Å²) in [5, 5.41) is 0. The molecule has 160 valence electrons. The van der Waals surface area contributed by atoms with E-state index < -0.39 is 6.80 Å². The van der Waals surface area contributed by atoms with Crippen molar-refractivity contribution in [2.45, 2.75) is 91.1 Å². The molecular weight excluding hydrogens is 392 g/mol. The number of ether oxygens (including phenoxy) is 2. The first-order valence-corrected chi connectivity index (χ1v) is 13.8. The highest BCUT2D eigenvalue weighted by molar-refractivity contribution is 8.54. The molecule has 0 aromatic carbocycles. The Balaban J connectivity index is 1.97. The summed E-state index contributed by atoms with van der Waals surface area (Å²) in [6.45, 7) is 9.33. The molecule has 0 amide bonds. The second kappa shape index (κ2) is 9.40. The third-order valence-electron chi connectivity index (χ3n) is 5.77. The monoisotopic (exact) mass is 430 g/mol. The van der Waals surface area contributed by atoms with E-state index in [1.54, 1.807) is 0 Å². The zero-order valence-electron chi connectivity index (χ0n) is 18.9. The first-order chi connectivity index (χ1) is 12.7. The van der Waals surface area contributed by atoms with E-state index in [1.807, 2.05) is 0 Å². The minimum Gasteiger partial charge on any atom is -0.383 e. The van der Waals surface area contributed by atoms with E-state index >= 15 is 0 Å². The minimum absolute atomic E-state index is 0.0161. The SMILES string of the molecule is BBC1CC(OP(=O)(O)SCC2OC(B)CC2C(C)(C)C)C(CC(C)(C)C)O1. The Morgan fingerprint density at radius 3 is 2.36 bits per heavy atom. The fourth-order valence-corrected chi connectivity index (χ4v) is 7.14. The van der Waals surface area contributed by atoms with Crippen molar-refractivity contribution in [2.24, 2.45) is 16.7 Å². The van der Waals surface area contributed by atoms with Gasteiger partial charge in [-0.25, -0.2) is 4.57 Å². The van der Waals surface area contributed by atoms with E-state index in [2.05, 4.69) is 57.1 Å². The molecule has 2 aliphatic rings. The zero-order chi connectivity index (χ0) is 21.3. The molecule has 2 fully saturated rings. The van der Waals surface area contributed by atoms with Crippen molar-refractivity contribution in [3.05, 3.63) is 0 Å². The highest BCUT2D eigenvalue weighted by Gasteiger charge is 2.44. The van der Waals surface area contributed by atoms with Gasteiger partial charge in [0.1, 0.15) is 15.0 Å². The molecule has 2 aliphatic heterocycles. The van der Waals surface area contributed by atoms with Gasteiger partial charge >= 0.3 is 6.80 Å². The molecule has 0 aromatic heterocycles. The highest BCUT2D eigenvalue weighted by Crippen LogP contribution is 2.59. The maximum atomic E-state index is 12.9. The Bertz CT molecular complexity index is 568. The maximum absolute atomic E-state index is 12.9. The quantitative estimate of drug-likeness (QED) is 0.494. The summed E-state index contributed by atoms with van der Waals surface area (Å²) in [7, 11) is 5.06. The van der Waals surface area contributed by atoms with Gasteiger partial charge in [0.15, 0.2) is 0 Å². The standard InChI is InChI=1S/C18H38B3O5PS/c1-17(2,3)9-13-12(8-16(21-20)25-13)26-27(22,23)28-10-14-11(18(4,5)6)7-15(19)24-14/h11-16,21H,7-10,19-20H2,1-6H3,(H,22,23). The van der Waals surface area contributed by atoms with E-state index in [0.29, 0.717) is 18.1 Å². The molecule has 0 bridgehead atoms. The molecule has 0 radical (unpaired) electrons. The van der Waals surface area contributed by atoms with Gasteiger partial charge in [0.05, 0.1) is 26.0 Å². The van der Waals surface area contributed by atoms with E-state index in [9.17, 15) is 9.46 Å². The van der Waals surface area contributed by atoms with Crippen LogP contribution in [0.15, 0.2) is 0 Å². The van der Waals surface area contributed by atoms with Gasteiger partial charge < -0.3 is 14.4 Å². The summed E-state index contributed by atoms with van der Waals surface area (Å²) in [4.78, 5) is 10.6. The van der Waals surface area contributed by atoms with Gasteiger partial charge in [0.2, 0.25) is 0 Å². The van der Waals surface area contributed by atoms with Crippen LogP contribution in [-0.2, 0) is 18.6 Å². The summed E-state index contributed by atoms with van der Waals surface area (Å²) in [6.07, 6.45) is 2.02. The van der Waals surface area contributed by atoms with Crippen molar-refractivity contribution < 1.29 is 23.5 Å². The molecule has 7 atom stereocenters. The second-order valence-electron chi connectivity index (χ2n) is 10.8. The number of hydrogen-bond acceptors (Lipinski definition) is 5. The largest absolute Gasteiger partial charge is 0.387 e. The van der Waals surface area contributed by atoms with Crippen LogP contribution in [0.1, 0.15) is 60.8 Å². The van der Waals surface area contributed by atoms with E-state index in [-0.39, 0.29) is 41.1 Å². The molecule has 0 saturated carbocycles. The fraction of sp³-hybridized carbons (Fsp3) is 1.00. The van der Waals surface area contributed by atoms with Crippen LogP contribution in [0.2, 0.25) is 0 Å². The van der Waals surface area contributed by atoms with Crippen molar-refractivity contribution in [2.75, 3.05) is 5.75 Å². The maximum Gasteiger partial charge on any atom is 0.387 e. The highest BCUT2D eigenvalue weighted by atomic mass is 32.7. The molecule has 2 rings (SSSR count). The Kier molecular flexibility index (Phi) is 8.35. The van der Waals surface area contributed by atoms with Gasteiger partial charge in [-0.15, -0.1) is 0 Å².